The van der Waals surface area contributed by atoms with Gasteiger partial charge in [-0.3, -0.25) is 4.99 Å². The van der Waals surface area contributed by atoms with Crippen molar-refractivity contribution in [1.29, 1.82) is 0 Å². The molecule has 4 rings (SSSR count). The fourth-order valence-corrected chi connectivity index (χ4v) is 3.44. The molecule has 2 aliphatic rings. The number of aliphatic imine (C=N–C) groups is 1. The number of benzene rings is 1. The molecular weight excluding hydrogens is 220 g/mol. The average molecular weight is 236 g/mol. The number of nitrogens with one attached hydrogen (secondary N) is 1. The molecule has 0 fully saturated rings. The lowest BCUT2D eigenvalue weighted by molar-refractivity contribution is 0.530. The van der Waals surface area contributed by atoms with E-state index in [9.17, 15) is 0 Å². The monoisotopic (exact) mass is 236 g/mol. The first-order valence-electron chi connectivity index (χ1n) is 6.69. The number of H-pyrrole nitrogens is 1. The van der Waals surface area contributed by atoms with E-state index in [2.05, 4.69) is 41.4 Å². The molecule has 1 aliphatic heterocycles. The first-order chi connectivity index (χ1) is 8.93. The molecule has 2 unspecified atom stereocenters. The lowest BCUT2D eigenvalue weighted by atomic mass is 9.77. The summed E-state index contributed by atoms with van der Waals surface area (Å²) in [6, 6.07) is 13.0. The molecule has 1 aliphatic carbocycles. The predicted octanol–water partition coefficient (Wildman–Crippen LogP) is 3.16. The van der Waals surface area contributed by atoms with Crippen LogP contribution in [0.3, 0.4) is 0 Å². The molecule has 18 heavy (non-hydrogen) atoms. The highest BCUT2D eigenvalue weighted by atomic mass is 14.8. The molecular formula is C16H16N2. The van der Waals surface area contributed by atoms with E-state index >= 15 is 0 Å². The molecule has 2 heterocycles. The van der Waals surface area contributed by atoms with Crippen LogP contribution in [0.5, 0.6) is 0 Å². The smallest absolute Gasteiger partial charge is 0.0476 e. The van der Waals surface area contributed by atoms with Crippen molar-refractivity contribution in [3.8, 4) is 0 Å². The van der Waals surface area contributed by atoms with Gasteiger partial charge in [0.25, 0.3) is 0 Å². The Bertz CT molecular complexity index is 595. The minimum Gasteiger partial charge on any atom is -0.364 e. The standard InChI is InChI=1S/C16H16N2/c1-2-4-11(5-3-1)14-10-18-16-12(14)6-7-15-13(16)8-9-17-15/h1-5,8-9,12,14,17H,6-7,10H2. The Labute approximate surface area is 107 Å². The highest BCUT2D eigenvalue weighted by Crippen LogP contribution is 2.40. The van der Waals surface area contributed by atoms with E-state index in [4.69, 9.17) is 4.99 Å². The Kier molecular flexibility index (Phi) is 2.16. The summed E-state index contributed by atoms with van der Waals surface area (Å²) in [6.07, 6.45) is 4.44. The van der Waals surface area contributed by atoms with Crippen molar-refractivity contribution in [3.63, 3.8) is 0 Å². The van der Waals surface area contributed by atoms with Gasteiger partial charge in [-0.25, -0.2) is 0 Å². The molecule has 1 N–H and O–H groups in total. The van der Waals surface area contributed by atoms with Gasteiger partial charge in [-0.05, 0) is 24.5 Å². The van der Waals surface area contributed by atoms with Crippen molar-refractivity contribution < 1.29 is 0 Å². The van der Waals surface area contributed by atoms with Gasteiger partial charge in [0.05, 0.1) is 0 Å². The summed E-state index contributed by atoms with van der Waals surface area (Å²) < 4.78 is 0. The Morgan fingerprint density at radius 2 is 1.94 bits per heavy atom. The topological polar surface area (TPSA) is 28.1 Å². The van der Waals surface area contributed by atoms with E-state index in [1.807, 2.05) is 6.20 Å². The first kappa shape index (κ1) is 10.1. The van der Waals surface area contributed by atoms with Gasteiger partial charge >= 0.3 is 0 Å². The third-order valence-corrected chi connectivity index (χ3v) is 4.34. The van der Waals surface area contributed by atoms with Crippen LogP contribution >= 0.6 is 0 Å². The molecule has 2 nitrogen and oxygen atoms in total. The van der Waals surface area contributed by atoms with Crippen LogP contribution < -0.4 is 0 Å². The minimum atomic E-state index is 0.587. The highest BCUT2D eigenvalue weighted by molar-refractivity contribution is 6.05. The van der Waals surface area contributed by atoms with E-state index in [0.29, 0.717) is 11.8 Å². The number of rotatable bonds is 1. The molecule has 2 aromatic rings. The van der Waals surface area contributed by atoms with Crippen LogP contribution in [-0.4, -0.2) is 17.2 Å². The van der Waals surface area contributed by atoms with Crippen molar-refractivity contribution in [2.24, 2.45) is 10.9 Å². The fourth-order valence-electron chi connectivity index (χ4n) is 3.44. The van der Waals surface area contributed by atoms with Crippen LogP contribution in [0, 0.1) is 5.92 Å². The molecule has 1 aromatic carbocycles. The lowest BCUT2D eigenvalue weighted by Gasteiger charge is -2.25. The molecule has 0 saturated heterocycles. The zero-order valence-corrected chi connectivity index (χ0v) is 10.3. The van der Waals surface area contributed by atoms with Gasteiger partial charge in [0.2, 0.25) is 0 Å². The maximum absolute atomic E-state index is 4.83. The average Bonchev–Trinajstić information content (AvgIpc) is 3.05. The maximum Gasteiger partial charge on any atom is 0.0476 e. The second-order valence-electron chi connectivity index (χ2n) is 5.26. The van der Waals surface area contributed by atoms with Gasteiger partial charge in [0.15, 0.2) is 0 Å². The molecule has 1 aromatic heterocycles. The molecule has 0 bridgehead atoms. The third kappa shape index (κ3) is 1.38. The molecule has 2 atom stereocenters. The van der Waals surface area contributed by atoms with E-state index in [1.54, 1.807) is 0 Å². The number of hydrogen-bond donors (Lipinski definition) is 1. The molecule has 0 spiro atoms. The Morgan fingerprint density at radius 3 is 2.83 bits per heavy atom. The number of nitrogens with zero attached hydrogens (tertiary/aromatic N) is 1. The van der Waals surface area contributed by atoms with Crippen LogP contribution in [0.25, 0.3) is 0 Å². The molecule has 0 radical (unpaired) electrons. The van der Waals surface area contributed by atoms with Crippen molar-refractivity contribution in [3.05, 3.63) is 59.4 Å². The van der Waals surface area contributed by atoms with Gasteiger partial charge < -0.3 is 4.98 Å². The summed E-state index contributed by atoms with van der Waals surface area (Å²) in [5, 5.41) is 0. The van der Waals surface area contributed by atoms with Crippen LogP contribution in [0.2, 0.25) is 0 Å². The summed E-state index contributed by atoms with van der Waals surface area (Å²) in [4.78, 5) is 8.17. The van der Waals surface area contributed by atoms with Gasteiger partial charge in [-0.15, -0.1) is 0 Å². The summed E-state index contributed by atoms with van der Waals surface area (Å²) >= 11 is 0. The zero-order valence-electron chi connectivity index (χ0n) is 10.3. The molecule has 90 valence electrons. The Morgan fingerprint density at radius 1 is 1.06 bits per heavy atom. The van der Waals surface area contributed by atoms with Gasteiger partial charge in [0, 0.05) is 41.5 Å². The van der Waals surface area contributed by atoms with Gasteiger partial charge in [-0.2, -0.15) is 0 Å². The van der Waals surface area contributed by atoms with Crippen molar-refractivity contribution in [2.45, 2.75) is 18.8 Å². The lowest BCUT2D eigenvalue weighted by Crippen LogP contribution is -2.24. The largest absolute Gasteiger partial charge is 0.364 e. The Balaban J connectivity index is 1.71. The summed E-state index contributed by atoms with van der Waals surface area (Å²) in [7, 11) is 0. The van der Waals surface area contributed by atoms with Crippen LogP contribution in [-0.2, 0) is 6.42 Å². The maximum atomic E-state index is 4.83. The first-order valence-corrected chi connectivity index (χ1v) is 6.69. The normalized spacial score (nSPS) is 25.4. The van der Waals surface area contributed by atoms with Crippen LogP contribution in [0.4, 0.5) is 0 Å². The van der Waals surface area contributed by atoms with E-state index in [-0.39, 0.29) is 0 Å². The molecule has 0 amide bonds. The minimum absolute atomic E-state index is 0.587. The number of aromatic amines is 1. The van der Waals surface area contributed by atoms with Crippen molar-refractivity contribution >= 4 is 5.71 Å². The molecule has 2 heteroatoms. The van der Waals surface area contributed by atoms with Crippen LogP contribution in [0.1, 0.15) is 29.2 Å². The SMILES string of the molecule is c1ccc(C2CN=C3c4cc[nH]c4CCC32)cc1. The van der Waals surface area contributed by atoms with Gasteiger partial charge in [-0.1, -0.05) is 30.3 Å². The van der Waals surface area contributed by atoms with E-state index in [0.717, 1.165) is 13.0 Å². The second-order valence-corrected chi connectivity index (χ2v) is 5.26. The predicted molar refractivity (Wildman–Crippen MR) is 73.2 cm³/mol. The van der Waals surface area contributed by atoms with Crippen molar-refractivity contribution in [2.75, 3.05) is 6.54 Å². The number of aromatic nitrogens is 1. The number of hydrogen-bond acceptors (Lipinski definition) is 1. The van der Waals surface area contributed by atoms with E-state index < -0.39 is 0 Å². The van der Waals surface area contributed by atoms with E-state index in [1.165, 1.54) is 29.0 Å². The molecule has 0 saturated carbocycles. The van der Waals surface area contributed by atoms with Crippen molar-refractivity contribution in [1.82, 2.24) is 4.98 Å². The third-order valence-electron chi connectivity index (χ3n) is 4.34. The zero-order chi connectivity index (χ0) is 11.9. The van der Waals surface area contributed by atoms with Gasteiger partial charge in [0.1, 0.15) is 0 Å². The summed E-state index contributed by atoms with van der Waals surface area (Å²) in [5.41, 5.74) is 5.52. The Hall–Kier alpha value is -1.83. The number of fused-ring (bicyclic) bond motifs is 3. The second kappa shape index (κ2) is 3.84. The quantitative estimate of drug-likeness (QED) is 0.788. The summed E-state index contributed by atoms with van der Waals surface area (Å²) in [5.74, 6) is 1.21. The fraction of sp³-hybridized carbons (Fsp3) is 0.312. The highest BCUT2D eigenvalue weighted by Gasteiger charge is 2.36. The van der Waals surface area contributed by atoms with Crippen LogP contribution in [0.15, 0.2) is 47.6 Å². The summed E-state index contributed by atoms with van der Waals surface area (Å²) in [6.45, 7) is 0.953. The number of aryl methyl sites for hydroxylation is 1.